The Hall–Kier alpha value is -2.04. The van der Waals surface area contributed by atoms with Crippen LogP contribution in [0.5, 0.6) is 0 Å². The largest absolute Gasteiger partial charge is 0.508 e. The standard InChI is InChI=1S/C23H32N2O3/c1-13(26)24-19-12-15-11-16(28)7-9-22(15,3)18-8-10-23(4)17(21(18)19)5-6-20(23)25-14(2)27/h7,9,11-12,17-21,28H,5-6,8,10H2,1-4H3,(H,24,26)(H,25,27)/t17-,18+,19?,20?,21-,22-,23-/m0/s1. The van der Waals surface area contributed by atoms with E-state index >= 15 is 0 Å². The van der Waals surface area contributed by atoms with Gasteiger partial charge in [0.15, 0.2) is 0 Å². The second-order valence-corrected chi connectivity index (χ2v) is 9.70. The average Bonchev–Trinajstić information content (AvgIpc) is 2.92. The lowest BCUT2D eigenvalue weighted by Gasteiger charge is -2.57. The van der Waals surface area contributed by atoms with Crippen molar-refractivity contribution in [2.24, 2.45) is 28.6 Å². The molecule has 7 atom stereocenters. The van der Waals surface area contributed by atoms with Crippen molar-refractivity contribution in [2.45, 2.75) is 65.5 Å². The lowest BCUT2D eigenvalue weighted by Crippen LogP contribution is -2.58. The van der Waals surface area contributed by atoms with Crippen LogP contribution in [0.4, 0.5) is 0 Å². The van der Waals surface area contributed by atoms with Gasteiger partial charge in [0, 0.05) is 25.3 Å². The first-order valence-corrected chi connectivity index (χ1v) is 10.5. The summed E-state index contributed by atoms with van der Waals surface area (Å²) in [6.07, 6.45) is 12.2. The highest BCUT2D eigenvalue weighted by atomic mass is 16.3. The first-order chi connectivity index (χ1) is 13.1. The third-order valence-electron chi connectivity index (χ3n) is 8.15. The van der Waals surface area contributed by atoms with E-state index in [2.05, 4.69) is 36.6 Å². The molecule has 0 spiro atoms. The molecule has 0 bridgehead atoms. The van der Waals surface area contributed by atoms with Crippen molar-refractivity contribution in [1.29, 1.82) is 0 Å². The molecule has 0 radical (unpaired) electrons. The predicted octanol–water partition coefficient (Wildman–Crippen LogP) is 3.40. The molecule has 0 aromatic rings. The highest BCUT2D eigenvalue weighted by Crippen LogP contribution is 2.63. The minimum atomic E-state index is -0.126. The highest BCUT2D eigenvalue weighted by molar-refractivity contribution is 5.74. The van der Waals surface area contributed by atoms with Gasteiger partial charge in [0.25, 0.3) is 0 Å². The molecule has 5 nitrogen and oxygen atoms in total. The molecule has 0 saturated heterocycles. The molecule has 2 amide bonds. The second kappa shape index (κ2) is 6.50. The summed E-state index contributed by atoms with van der Waals surface area (Å²) in [5.74, 6) is 1.47. The number of fused-ring (bicyclic) bond motifs is 5. The summed E-state index contributed by atoms with van der Waals surface area (Å²) in [6, 6.07) is 0.166. The van der Waals surface area contributed by atoms with Crippen molar-refractivity contribution in [3.63, 3.8) is 0 Å². The van der Waals surface area contributed by atoms with Gasteiger partial charge in [0.2, 0.25) is 11.8 Å². The molecular weight excluding hydrogens is 352 g/mol. The number of allylic oxidation sites excluding steroid dienone is 4. The zero-order valence-corrected chi connectivity index (χ0v) is 17.3. The number of aliphatic hydroxyl groups is 1. The predicted molar refractivity (Wildman–Crippen MR) is 108 cm³/mol. The van der Waals surface area contributed by atoms with E-state index in [1.165, 1.54) is 0 Å². The van der Waals surface area contributed by atoms with Gasteiger partial charge in [-0.3, -0.25) is 9.59 Å². The maximum atomic E-state index is 12.0. The van der Waals surface area contributed by atoms with Gasteiger partial charge in [-0.05, 0) is 66.6 Å². The molecule has 2 fully saturated rings. The molecule has 0 aromatic carbocycles. The summed E-state index contributed by atoms with van der Waals surface area (Å²) in [4.78, 5) is 23.8. The maximum absolute atomic E-state index is 12.0. The van der Waals surface area contributed by atoms with Crippen LogP contribution in [0.25, 0.3) is 0 Å². The highest BCUT2D eigenvalue weighted by Gasteiger charge is 2.60. The molecule has 4 aliphatic carbocycles. The van der Waals surface area contributed by atoms with E-state index in [1.54, 1.807) is 13.8 Å². The van der Waals surface area contributed by atoms with E-state index in [1.807, 2.05) is 12.2 Å². The fraction of sp³-hybridized carbons (Fsp3) is 0.652. The maximum Gasteiger partial charge on any atom is 0.217 e. The van der Waals surface area contributed by atoms with Gasteiger partial charge in [-0.2, -0.15) is 0 Å². The van der Waals surface area contributed by atoms with Gasteiger partial charge in [-0.15, -0.1) is 0 Å². The van der Waals surface area contributed by atoms with E-state index < -0.39 is 0 Å². The van der Waals surface area contributed by atoms with Gasteiger partial charge >= 0.3 is 0 Å². The van der Waals surface area contributed by atoms with Gasteiger partial charge in [-0.1, -0.05) is 26.0 Å². The van der Waals surface area contributed by atoms with E-state index in [9.17, 15) is 14.7 Å². The summed E-state index contributed by atoms with van der Waals surface area (Å²) in [5.41, 5.74) is 1.04. The molecule has 28 heavy (non-hydrogen) atoms. The van der Waals surface area contributed by atoms with Crippen LogP contribution in [0.15, 0.2) is 35.6 Å². The molecule has 2 saturated carbocycles. The molecule has 0 heterocycles. The lowest BCUT2D eigenvalue weighted by atomic mass is 9.48. The van der Waals surface area contributed by atoms with Gasteiger partial charge in [0.1, 0.15) is 5.76 Å². The van der Waals surface area contributed by atoms with Gasteiger partial charge in [-0.25, -0.2) is 0 Å². The number of carbonyl (C=O) groups is 2. The van der Waals surface area contributed by atoms with Crippen LogP contribution in [0.1, 0.15) is 53.4 Å². The van der Waals surface area contributed by atoms with Crippen LogP contribution < -0.4 is 10.6 Å². The number of carbonyl (C=O) groups excluding carboxylic acids is 2. The molecule has 152 valence electrons. The van der Waals surface area contributed by atoms with Gasteiger partial charge in [0.05, 0.1) is 6.04 Å². The Morgan fingerprint density at radius 1 is 1.07 bits per heavy atom. The zero-order chi connectivity index (χ0) is 20.3. The van der Waals surface area contributed by atoms with Crippen molar-refractivity contribution in [3.05, 3.63) is 35.6 Å². The number of hydrogen-bond donors (Lipinski definition) is 3. The summed E-state index contributed by atoms with van der Waals surface area (Å²) < 4.78 is 0. The topological polar surface area (TPSA) is 78.4 Å². The second-order valence-electron chi connectivity index (χ2n) is 9.70. The van der Waals surface area contributed by atoms with Crippen molar-refractivity contribution < 1.29 is 14.7 Å². The van der Waals surface area contributed by atoms with Crippen LogP contribution in [-0.4, -0.2) is 29.0 Å². The SMILES string of the molecule is CC(=O)NC1C=C2C=C(O)C=C[C@]2(C)[C@@H]2CC[C@]3(C)C(NC(C)=O)CC[C@H]3[C@H]12. The monoisotopic (exact) mass is 384 g/mol. The van der Waals surface area contributed by atoms with E-state index in [0.717, 1.165) is 31.3 Å². The average molecular weight is 385 g/mol. The minimum absolute atomic E-state index is 0.0209. The number of rotatable bonds is 2. The summed E-state index contributed by atoms with van der Waals surface area (Å²) in [7, 11) is 0. The first-order valence-electron chi connectivity index (χ1n) is 10.5. The molecule has 0 aromatic heterocycles. The van der Waals surface area contributed by atoms with Crippen molar-refractivity contribution in [1.82, 2.24) is 10.6 Å². The summed E-state index contributed by atoms with van der Waals surface area (Å²) in [5, 5.41) is 16.4. The molecule has 0 aliphatic heterocycles. The number of amides is 2. The molecule has 3 N–H and O–H groups in total. The quantitative estimate of drug-likeness (QED) is 0.683. The summed E-state index contributed by atoms with van der Waals surface area (Å²) in [6.45, 7) is 7.77. The molecular formula is C23H32N2O3. The van der Waals surface area contributed by atoms with Crippen LogP contribution in [0.2, 0.25) is 0 Å². The fourth-order valence-electron chi connectivity index (χ4n) is 6.84. The Kier molecular flexibility index (Phi) is 4.48. The smallest absolute Gasteiger partial charge is 0.217 e. The van der Waals surface area contributed by atoms with Gasteiger partial charge < -0.3 is 15.7 Å². The molecule has 2 unspecified atom stereocenters. The third-order valence-corrected chi connectivity index (χ3v) is 8.15. The van der Waals surface area contributed by atoms with Crippen LogP contribution in [-0.2, 0) is 9.59 Å². The minimum Gasteiger partial charge on any atom is -0.508 e. The van der Waals surface area contributed by atoms with E-state index in [4.69, 9.17) is 0 Å². The zero-order valence-electron chi connectivity index (χ0n) is 17.3. The Balaban J connectivity index is 1.76. The number of aliphatic hydroxyl groups excluding tert-OH is 1. The number of nitrogens with one attached hydrogen (secondary N) is 2. The molecule has 4 aliphatic rings. The molecule has 5 heteroatoms. The van der Waals surface area contributed by atoms with Crippen LogP contribution >= 0.6 is 0 Å². The Morgan fingerprint density at radius 3 is 2.46 bits per heavy atom. The van der Waals surface area contributed by atoms with Crippen molar-refractivity contribution in [3.8, 4) is 0 Å². The Morgan fingerprint density at radius 2 is 1.79 bits per heavy atom. The van der Waals surface area contributed by atoms with Crippen LogP contribution in [0, 0.1) is 28.6 Å². The third kappa shape index (κ3) is 2.82. The van der Waals surface area contributed by atoms with Crippen molar-refractivity contribution >= 4 is 11.8 Å². The Bertz CT molecular complexity index is 798. The lowest BCUT2D eigenvalue weighted by molar-refractivity contribution is -0.121. The summed E-state index contributed by atoms with van der Waals surface area (Å²) >= 11 is 0. The fourth-order valence-corrected chi connectivity index (χ4v) is 6.84. The van der Waals surface area contributed by atoms with Crippen LogP contribution in [0.3, 0.4) is 0 Å². The van der Waals surface area contributed by atoms with E-state index in [-0.39, 0.29) is 40.5 Å². The normalized spacial score (nSPS) is 43.8. The first kappa shape index (κ1) is 19.3. The Labute approximate surface area is 167 Å². The molecule has 4 rings (SSSR count). The van der Waals surface area contributed by atoms with E-state index in [0.29, 0.717) is 17.8 Å². The van der Waals surface area contributed by atoms with Crippen molar-refractivity contribution in [2.75, 3.05) is 0 Å². The number of hydrogen-bond acceptors (Lipinski definition) is 3.